The van der Waals surface area contributed by atoms with Gasteiger partial charge >= 0.3 is 0 Å². The predicted molar refractivity (Wildman–Crippen MR) is 264 cm³/mol. The van der Waals surface area contributed by atoms with E-state index in [1.807, 2.05) is 0 Å². The summed E-state index contributed by atoms with van der Waals surface area (Å²) >= 11 is 0. The van der Waals surface area contributed by atoms with Crippen molar-refractivity contribution in [1.82, 2.24) is 0 Å². The van der Waals surface area contributed by atoms with Gasteiger partial charge in [0, 0.05) is 5.41 Å². The van der Waals surface area contributed by atoms with E-state index in [2.05, 4.69) is 231 Å². The molecule has 0 spiro atoms. The zero-order chi connectivity index (χ0) is 41.2. The first-order valence-electron chi connectivity index (χ1n) is 21.9. The number of fused-ring (bicyclic) bond motifs is 9. The third kappa shape index (κ3) is 5.98. The molecule has 1 unspecified atom stereocenters. The molecule has 0 amide bonds. The highest BCUT2D eigenvalue weighted by molar-refractivity contribution is 6.15. The summed E-state index contributed by atoms with van der Waals surface area (Å²) in [6.07, 6.45) is 16.0. The lowest BCUT2D eigenvalue weighted by atomic mass is 9.71. The zero-order valence-electron chi connectivity index (χ0n) is 34.8. The number of hydrogen-bond donors (Lipinski definition) is 0. The zero-order valence-corrected chi connectivity index (χ0v) is 34.8. The Labute approximate surface area is 362 Å². The first kappa shape index (κ1) is 36.3. The van der Waals surface area contributed by atoms with Gasteiger partial charge in [0.1, 0.15) is 0 Å². The van der Waals surface area contributed by atoms with Crippen molar-refractivity contribution < 1.29 is 0 Å². The normalized spacial score (nSPS) is 17.3. The van der Waals surface area contributed by atoms with E-state index in [9.17, 15) is 0 Å². The molecule has 2 bridgehead atoms. The summed E-state index contributed by atoms with van der Waals surface area (Å²) in [5.74, 6) is 0. The molecule has 0 radical (unpaired) electrons. The van der Waals surface area contributed by atoms with E-state index in [1.54, 1.807) is 0 Å². The highest BCUT2D eigenvalue weighted by Crippen LogP contribution is 2.45. The lowest BCUT2D eigenvalue weighted by molar-refractivity contribution is 0.611. The van der Waals surface area contributed by atoms with E-state index in [-0.39, 0.29) is 5.41 Å². The molecular formula is C62H44. The Hall–Kier alpha value is -7.54. The fourth-order valence-electron chi connectivity index (χ4n) is 10.7. The van der Waals surface area contributed by atoms with Gasteiger partial charge in [-0.3, -0.25) is 0 Å². The van der Waals surface area contributed by atoms with Gasteiger partial charge in [-0.25, -0.2) is 0 Å². The van der Waals surface area contributed by atoms with Gasteiger partial charge in [0.05, 0.1) is 0 Å². The number of allylic oxidation sites excluding steroid dienone is 10. The van der Waals surface area contributed by atoms with Crippen LogP contribution >= 0.6 is 0 Å². The standard InChI is InChI=1S/C62H44/c1-62(49-24-6-3-7-25-49)39-47(41-18-4-2-5-19-41)35-48(40-62)42-32-33-56-59(36-42)61(58-38-44-21-11-13-27-51(44)53-29-15-17-31-55(53)58)46-23-9-8-22-45(34-46)60(56)57-37-43-20-10-12-26-50(43)52-28-14-16-30-54(52)57/h2-33,35-38,40H,34,39H2,1H3. The first-order chi connectivity index (χ1) is 30.6. The summed E-state index contributed by atoms with van der Waals surface area (Å²) < 4.78 is 0. The number of hydrogen-bond acceptors (Lipinski definition) is 0. The maximum Gasteiger partial charge on any atom is 0.0153 e. The second kappa shape index (κ2) is 14.6. The van der Waals surface area contributed by atoms with Crippen molar-refractivity contribution in [3.8, 4) is 0 Å². The molecule has 62 heavy (non-hydrogen) atoms. The topological polar surface area (TPSA) is 0 Å². The van der Waals surface area contributed by atoms with Crippen LogP contribution in [0.25, 0.3) is 65.4 Å². The molecule has 9 aromatic rings. The molecule has 3 aliphatic carbocycles. The predicted octanol–water partition coefficient (Wildman–Crippen LogP) is 14.4. The van der Waals surface area contributed by atoms with Gasteiger partial charge in [0.2, 0.25) is 0 Å². The highest BCUT2D eigenvalue weighted by Gasteiger charge is 2.31. The van der Waals surface area contributed by atoms with Crippen LogP contribution in [0.1, 0.15) is 47.6 Å². The van der Waals surface area contributed by atoms with Crippen molar-refractivity contribution >= 4 is 65.4 Å². The van der Waals surface area contributed by atoms with E-state index in [4.69, 9.17) is 0 Å². The van der Waals surface area contributed by atoms with Crippen LogP contribution in [0, 0.1) is 0 Å². The monoisotopic (exact) mass is 788 g/mol. The molecule has 0 nitrogen and oxygen atoms in total. The molecule has 292 valence electrons. The molecule has 0 N–H and O–H groups in total. The average molecular weight is 789 g/mol. The number of rotatable bonds is 5. The molecule has 0 aromatic heterocycles. The fraction of sp³-hybridized carbons (Fsp3) is 0.0645. The van der Waals surface area contributed by atoms with Gasteiger partial charge in [-0.1, -0.05) is 213 Å². The maximum atomic E-state index is 2.54. The fourth-order valence-corrected chi connectivity index (χ4v) is 10.7. The summed E-state index contributed by atoms with van der Waals surface area (Å²) in [6, 6.07) is 70.1. The Bertz CT molecular complexity index is 3610. The summed E-state index contributed by atoms with van der Waals surface area (Å²) in [7, 11) is 0. The minimum atomic E-state index is -0.196. The Morgan fingerprint density at radius 2 is 0.903 bits per heavy atom. The first-order valence-corrected chi connectivity index (χ1v) is 21.9. The lowest BCUT2D eigenvalue weighted by Crippen LogP contribution is -2.30. The van der Waals surface area contributed by atoms with E-state index in [0.29, 0.717) is 0 Å². The van der Waals surface area contributed by atoms with E-state index < -0.39 is 0 Å². The van der Waals surface area contributed by atoms with Crippen LogP contribution in [-0.4, -0.2) is 0 Å². The quantitative estimate of drug-likeness (QED) is 0.152. The van der Waals surface area contributed by atoms with Crippen molar-refractivity contribution in [2.45, 2.75) is 25.2 Å². The van der Waals surface area contributed by atoms with Crippen molar-refractivity contribution in [2.75, 3.05) is 0 Å². The molecule has 0 heteroatoms. The summed E-state index contributed by atoms with van der Waals surface area (Å²) in [5.41, 5.74) is 14.1. The van der Waals surface area contributed by atoms with Crippen LogP contribution in [0.15, 0.2) is 236 Å². The molecular weight excluding hydrogens is 745 g/mol. The van der Waals surface area contributed by atoms with Gasteiger partial charge in [0.25, 0.3) is 0 Å². The molecule has 0 aliphatic heterocycles. The Morgan fingerprint density at radius 3 is 1.50 bits per heavy atom. The third-order valence-electron chi connectivity index (χ3n) is 13.6. The summed E-state index contributed by atoms with van der Waals surface area (Å²) in [4.78, 5) is 0. The molecule has 9 aromatic carbocycles. The third-order valence-corrected chi connectivity index (χ3v) is 13.6. The number of benzene rings is 9. The Kier molecular flexibility index (Phi) is 8.54. The van der Waals surface area contributed by atoms with Crippen LogP contribution in [0.5, 0.6) is 0 Å². The molecule has 12 rings (SSSR count). The highest BCUT2D eigenvalue weighted by atomic mass is 14.3. The van der Waals surface area contributed by atoms with Gasteiger partial charge in [-0.15, -0.1) is 0 Å². The molecule has 0 saturated carbocycles. The van der Waals surface area contributed by atoms with Crippen LogP contribution in [0.2, 0.25) is 0 Å². The summed E-state index contributed by atoms with van der Waals surface area (Å²) in [6.45, 7) is 2.41. The minimum absolute atomic E-state index is 0.196. The minimum Gasteiger partial charge on any atom is -0.0660 e. The maximum absolute atomic E-state index is 2.54. The van der Waals surface area contributed by atoms with Crippen LogP contribution in [0.4, 0.5) is 0 Å². The van der Waals surface area contributed by atoms with Crippen LogP contribution in [0.3, 0.4) is 0 Å². The van der Waals surface area contributed by atoms with E-state index >= 15 is 0 Å². The Balaban J connectivity index is 1.25. The molecule has 0 fully saturated rings. The van der Waals surface area contributed by atoms with Gasteiger partial charge < -0.3 is 0 Å². The van der Waals surface area contributed by atoms with Gasteiger partial charge in [-0.05, 0) is 146 Å². The second-order valence-corrected chi connectivity index (χ2v) is 17.4. The average Bonchev–Trinajstić information content (AvgIpc) is 3.65. The molecule has 0 heterocycles. The van der Waals surface area contributed by atoms with Crippen molar-refractivity contribution in [3.05, 3.63) is 274 Å². The van der Waals surface area contributed by atoms with Crippen molar-refractivity contribution in [3.63, 3.8) is 0 Å². The summed E-state index contributed by atoms with van der Waals surface area (Å²) in [5, 5.41) is 12.7. The lowest BCUT2D eigenvalue weighted by Gasteiger charge is -2.33. The smallest absolute Gasteiger partial charge is 0.0153 e. The molecule has 1 atom stereocenters. The SMILES string of the molecule is CC1(c2ccccc2)C=C(c2ccc3c(c2)=C(c2cc4ccccc4c4ccccc24)C2=CC=CC=C(C2)C=3c2cc3ccccc3c3ccccc23)C=C(c2ccccc2)C1. The van der Waals surface area contributed by atoms with E-state index in [1.165, 1.54) is 115 Å². The largest absolute Gasteiger partial charge is 0.0660 e. The van der Waals surface area contributed by atoms with Crippen LogP contribution in [-0.2, 0) is 5.41 Å². The Morgan fingerprint density at radius 1 is 0.403 bits per heavy atom. The van der Waals surface area contributed by atoms with Gasteiger partial charge in [-0.2, -0.15) is 0 Å². The van der Waals surface area contributed by atoms with E-state index in [0.717, 1.165) is 12.8 Å². The van der Waals surface area contributed by atoms with Crippen molar-refractivity contribution in [1.29, 1.82) is 0 Å². The molecule has 0 saturated heterocycles. The second-order valence-electron chi connectivity index (χ2n) is 17.4. The van der Waals surface area contributed by atoms with Gasteiger partial charge in [0.15, 0.2) is 0 Å². The molecule has 3 aliphatic rings. The van der Waals surface area contributed by atoms with Crippen molar-refractivity contribution in [2.24, 2.45) is 0 Å². The van der Waals surface area contributed by atoms with Crippen LogP contribution < -0.4 is 10.4 Å².